The van der Waals surface area contributed by atoms with Crippen LogP contribution in [-0.2, 0) is 10.4 Å². The van der Waals surface area contributed by atoms with Crippen molar-refractivity contribution in [1.29, 1.82) is 0 Å². The molecule has 0 radical (unpaired) electrons. The first-order valence-electron chi connectivity index (χ1n) is 10.6. The van der Waals surface area contributed by atoms with Crippen molar-refractivity contribution < 1.29 is 22.8 Å². The Labute approximate surface area is 208 Å². The van der Waals surface area contributed by atoms with Crippen molar-refractivity contribution in [2.75, 3.05) is 13.1 Å². The summed E-state index contributed by atoms with van der Waals surface area (Å²) in [5, 5.41) is 2.71. The van der Waals surface area contributed by atoms with Crippen LogP contribution in [-0.4, -0.2) is 36.2 Å². The Morgan fingerprint density at radius 2 is 1.71 bits per heavy atom. The first-order valence-corrected chi connectivity index (χ1v) is 11.7. The molecule has 0 aromatic heterocycles. The van der Waals surface area contributed by atoms with Crippen molar-refractivity contribution in [1.82, 2.24) is 15.7 Å². The van der Waals surface area contributed by atoms with Gasteiger partial charge in [-0.2, -0.15) is 13.2 Å². The molecule has 5 rings (SSSR count). The summed E-state index contributed by atoms with van der Waals surface area (Å²) in [5.74, 6) is 0.188. The normalized spacial score (nSPS) is 22.8. The quantitative estimate of drug-likeness (QED) is 0.458. The molecular formula is C23H19Cl3F3N3O2. The van der Waals surface area contributed by atoms with Gasteiger partial charge in [0.15, 0.2) is 0 Å². The molecule has 1 saturated heterocycles. The third-order valence-electron chi connectivity index (χ3n) is 6.27. The van der Waals surface area contributed by atoms with E-state index in [4.69, 9.17) is 39.6 Å². The molecular weight excluding hydrogens is 514 g/mol. The number of halogens is 6. The number of hydroxylamine groups is 1. The van der Waals surface area contributed by atoms with Gasteiger partial charge in [-0.3, -0.25) is 10.3 Å². The average Bonchev–Trinajstić information content (AvgIpc) is 3.43. The lowest BCUT2D eigenvalue weighted by Crippen LogP contribution is -2.52. The van der Waals surface area contributed by atoms with Gasteiger partial charge in [-0.1, -0.05) is 59.1 Å². The highest BCUT2D eigenvalue weighted by atomic mass is 35.5. The first-order chi connectivity index (χ1) is 16.1. The van der Waals surface area contributed by atoms with Crippen LogP contribution in [0, 0.1) is 0 Å². The van der Waals surface area contributed by atoms with Crippen LogP contribution in [0.1, 0.15) is 35.4 Å². The van der Waals surface area contributed by atoms with Crippen LogP contribution >= 0.6 is 34.8 Å². The smallest absolute Gasteiger partial charge is 0.335 e. The summed E-state index contributed by atoms with van der Waals surface area (Å²) in [6, 6.07) is 9.59. The maximum absolute atomic E-state index is 14.2. The maximum Gasteiger partial charge on any atom is 0.428 e. The zero-order valence-electron chi connectivity index (χ0n) is 17.6. The molecule has 180 valence electrons. The second kappa shape index (κ2) is 8.52. The molecule has 5 nitrogen and oxygen atoms in total. The number of alkyl halides is 3. The molecule has 1 atom stereocenters. The highest BCUT2D eigenvalue weighted by molar-refractivity contribution is 6.48. The van der Waals surface area contributed by atoms with Crippen LogP contribution in [0.2, 0.25) is 15.1 Å². The summed E-state index contributed by atoms with van der Waals surface area (Å²) in [4.78, 5) is 18.9. The fourth-order valence-electron chi connectivity index (χ4n) is 4.04. The van der Waals surface area contributed by atoms with Crippen LogP contribution < -0.4 is 10.8 Å². The van der Waals surface area contributed by atoms with Gasteiger partial charge in [0.2, 0.25) is 5.60 Å². The van der Waals surface area contributed by atoms with E-state index in [1.165, 1.54) is 0 Å². The number of carbonyl (C=O) groups is 1. The zero-order chi connectivity index (χ0) is 24.3. The predicted molar refractivity (Wildman–Crippen MR) is 124 cm³/mol. The predicted octanol–water partition coefficient (Wildman–Crippen LogP) is 6.25. The third kappa shape index (κ3) is 4.21. The molecule has 2 aliphatic heterocycles. The van der Waals surface area contributed by atoms with Gasteiger partial charge in [0, 0.05) is 30.6 Å². The van der Waals surface area contributed by atoms with E-state index >= 15 is 0 Å². The van der Waals surface area contributed by atoms with E-state index in [2.05, 4.69) is 10.8 Å². The minimum atomic E-state index is -4.81. The summed E-state index contributed by atoms with van der Waals surface area (Å²) in [6.45, 7) is 1.22. The number of rotatable bonds is 4. The van der Waals surface area contributed by atoms with Crippen LogP contribution in [0.3, 0.4) is 0 Å². The fourth-order valence-corrected chi connectivity index (χ4v) is 4.64. The van der Waals surface area contributed by atoms with Gasteiger partial charge in [0.05, 0.1) is 20.8 Å². The van der Waals surface area contributed by atoms with E-state index < -0.39 is 11.8 Å². The molecule has 2 amide bonds. The number of hydrogen-bond acceptors (Lipinski definition) is 3. The number of nitrogens with one attached hydrogen (secondary N) is 2. The van der Waals surface area contributed by atoms with E-state index in [1.54, 1.807) is 17.0 Å². The average molecular weight is 533 g/mol. The van der Waals surface area contributed by atoms with Crippen molar-refractivity contribution in [2.45, 2.75) is 36.6 Å². The Hall–Kier alpha value is -2.13. The molecule has 1 saturated carbocycles. The minimum Gasteiger partial charge on any atom is -0.335 e. The fraction of sp³-hybridized carbons (Fsp3) is 0.348. The van der Waals surface area contributed by atoms with Crippen LogP contribution in [0.25, 0.3) is 5.70 Å². The lowest BCUT2D eigenvalue weighted by Gasteiger charge is -2.39. The molecule has 11 heteroatoms. The van der Waals surface area contributed by atoms with E-state index in [0.717, 1.165) is 36.6 Å². The molecule has 1 unspecified atom stereocenters. The number of amides is 2. The molecule has 2 aromatic carbocycles. The second-order valence-electron chi connectivity index (χ2n) is 8.70. The monoisotopic (exact) mass is 531 g/mol. The first kappa shape index (κ1) is 23.6. The van der Waals surface area contributed by atoms with Gasteiger partial charge in [-0.05, 0) is 42.2 Å². The largest absolute Gasteiger partial charge is 0.428 e. The summed E-state index contributed by atoms with van der Waals surface area (Å²) < 4.78 is 42.6. The van der Waals surface area contributed by atoms with E-state index in [-0.39, 0.29) is 38.3 Å². The molecule has 2 aromatic rings. The van der Waals surface area contributed by atoms with Gasteiger partial charge in [0.25, 0.3) is 0 Å². The molecule has 2 N–H and O–H groups in total. The Morgan fingerprint density at radius 1 is 1.09 bits per heavy atom. The zero-order valence-corrected chi connectivity index (χ0v) is 19.8. The molecule has 34 heavy (non-hydrogen) atoms. The Bertz CT molecular complexity index is 1140. The van der Waals surface area contributed by atoms with Gasteiger partial charge >= 0.3 is 12.2 Å². The Kier molecular flexibility index (Phi) is 5.91. The molecule has 1 aliphatic carbocycles. The Balaban J connectivity index is 1.35. The lowest BCUT2D eigenvalue weighted by molar-refractivity contribution is -0.269. The summed E-state index contributed by atoms with van der Waals surface area (Å²) in [7, 11) is 0. The molecule has 3 aliphatic rings. The highest BCUT2D eigenvalue weighted by Gasteiger charge is 2.59. The molecule has 0 spiro atoms. The number of nitrogens with zero attached hydrogens (tertiary/aromatic N) is 1. The van der Waals surface area contributed by atoms with Crippen molar-refractivity contribution in [3.05, 3.63) is 74.2 Å². The van der Waals surface area contributed by atoms with Crippen LogP contribution in [0.15, 0.2) is 42.5 Å². The Morgan fingerprint density at radius 3 is 2.26 bits per heavy atom. The van der Waals surface area contributed by atoms with E-state index in [9.17, 15) is 18.0 Å². The number of likely N-dealkylation sites (tertiary alicyclic amines) is 1. The topological polar surface area (TPSA) is 53.6 Å². The van der Waals surface area contributed by atoms with Gasteiger partial charge in [-0.25, -0.2) is 4.79 Å². The standard InChI is InChI=1S/C23H19Cl3F3N3O2/c24-17-7-15(8-18(25)20(17)26)22(23(27,28)29)9-19(31-34-22)13-3-1-12(2-4-13)14-10-32(11-14)21(33)30-16-5-6-16/h1-4,7-9,14,16,31H,5-6,10-11H2,(H,30,33). The SMILES string of the molecule is O=C(NC1CC1)N1CC(c2ccc(C3=CC(c4cc(Cl)c(Cl)c(Cl)c4)(C(F)(F)F)ON3)cc2)C1. The molecule has 2 fully saturated rings. The lowest BCUT2D eigenvalue weighted by atomic mass is 9.89. The van der Waals surface area contributed by atoms with Gasteiger partial charge in [-0.15, -0.1) is 0 Å². The number of carbonyl (C=O) groups excluding carboxylic acids is 1. The van der Waals surface area contributed by atoms with Crippen LogP contribution in [0.4, 0.5) is 18.0 Å². The number of urea groups is 1. The van der Waals surface area contributed by atoms with E-state index in [0.29, 0.717) is 24.7 Å². The summed E-state index contributed by atoms with van der Waals surface area (Å²) in [6.07, 6.45) is -1.78. The van der Waals surface area contributed by atoms with Crippen molar-refractivity contribution in [3.8, 4) is 0 Å². The molecule has 2 heterocycles. The second-order valence-corrected chi connectivity index (χ2v) is 9.89. The third-order valence-corrected chi connectivity index (χ3v) is 7.47. The summed E-state index contributed by atoms with van der Waals surface area (Å²) in [5.41, 5.74) is 1.01. The maximum atomic E-state index is 14.2. The van der Waals surface area contributed by atoms with Crippen LogP contribution in [0.5, 0.6) is 0 Å². The number of benzene rings is 2. The van der Waals surface area contributed by atoms with E-state index in [1.807, 2.05) is 12.1 Å². The minimum absolute atomic E-state index is 0.0327. The summed E-state index contributed by atoms with van der Waals surface area (Å²) >= 11 is 17.9. The highest BCUT2D eigenvalue weighted by Crippen LogP contribution is 2.49. The van der Waals surface area contributed by atoms with Crippen molar-refractivity contribution in [2.24, 2.45) is 0 Å². The van der Waals surface area contributed by atoms with Crippen molar-refractivity contribution in [3.63, 3.8) is 0 Å². The van der Waals surface area contributed by atoms with Gasteiger partial charge in [0.1, 0.15) is 0 Å². The van der Waals surface area contributed by atoms with Gasteiger partial charge < -0.3 is 10.2 Å². The number of hydrogen-bond donors (Lipinski definition) is 2. The van der Waals surface area contributed by atoms with Crippen molar-refractivity contribution >= 4 is 46.5 Å². The molecule has 0 bridgehead atoms.